The van der Waals surface area contributed by atoms with Gasteiger partial charge in [0, 0.05) is 37.7 Å². The molecule has 1 N–H and O–H groups in total. The van der Waals surface area contributed by atoms with Crippen LogP contribution in [0.15, 0.2) is 24.3 Å². The van der Waals surface area contributed by atoms with Gasteiger partial charge in [0.25, 0.3) is 0 Å². The van der Waals surface area contributed by atoms with Gasteiger partial charge in [0.05, 0.1) is 6.61 Å². The Kier molecular flexibility index (Phi) is 4.78. The maximum atomic E-state index is 5.88. The van der Waals surface area contributed by atoms with Gasteiger partial charge in [-0.2, -0.15) is 0 Å². The summed E-state index contributed by atoms with van der Waals surface area (Å²) < 4.78 is 11.4. The second-order valence-electron chi connectivity index (χ2n) is 6.35. The third kappa shape index (κ3) is 3.57. The molecule has 2 aliphatic heterocycles. The van der Waals surface area contributed by atoms with Crippen LogP contribution in [-0.2, 0) is 11.3 Å². The molecular weight excluding hydrogens is 264 g/mol. The number of fused-ring (bicyclic) bond motifs is 1. The first-order valence-corrected chi connectivity index (χ1v) is 7.94. The molecule has 21 heavy (non-hydrogen) atoms. The summed E-state index contributed by atoms with van der Waals surface area (Å²) in [6.07, 6.45) is 2.39. The second kappa shape index (κ2) is 6.77. The lowest BCUT2D eigenvalue weighted by Gasteiger charge is -2.40. The average Bonchev–Trinajstić information content (AvgIpc) is 2.70. The number of piperidine rings is 1. The number of methoxy groups -OCH3 is 1. The lowest BCUT2D eigenvalue weighted by atomic mass is 9.79. The molecule has 0 aromatic heterocycles. The quantitative estimate of drug-likeness (QED) is 0.918. The summed E-state index contributed by atoms with van der Waals surface area (Å²) >= 11 is 0. The third-order valence-electron chi connectivity index (χ3n) is 4.71. The highest BCUT2D eigenvalue weighted by Gasteiger charge is 2.34. The van der Waals surface area contributed by atoms with Crippen LogP contribution in [0.3, 0.4) is 0 Å². The summed E-state index contributed by atoms with van der Waals surface area (Å²) in [5.74, 6) is 1.05. The Balaban J connectivity index is 1.71. The van der Waals surface area contributed by atoms with Crippen molar-refractivity contribution in [3.63, 3.8) is 0 Å². The normalized spacial score (nSPS) is 22.1. The molecule has 4 nitrogen and oxygen atoms in total. The predicted octanol–water partition coefficient (Wildman–Crippen LogP) is 1.90. The van der Waals surface area contributed by atoms with Crippen LogP contribution in [0.5, 0.6) is 5.75 Å². The van der Waals surface area contributed by atoms with Crippen molar-refractivity contribution in [2.45, 2.75) is 19.4 Å². The third-order valence-corrected chi connectivity index (χ3v) is 4.71. The van der Waals surface area contributed by atoms with E-state index in [0.29, 0.717) is 5.41 Å². The molecule has 0 bridgehead atoms. The van der Waals surface area contributed by atoms with Gasteiger partial charge in [-0.05, 0) is 32.0 Å². The zero-order valence-corrected chi connectivity index (χ0v) is 12.9. The molecule has 0 atom stereocenters. The van der Waals surface area contributed by atoms with Gasteiger partial charge in [-0.1, -0.05) is 18.2 Å². The number of ether oxygens (including phenoxy) is 2. The Bertz CT molecular complexity index is 452. The second-order valence-corrected chi connectivity index (χ2v) is 6.35. The highest BCUT2D eigenvalue weighted by atomic mass is 16.5. The first kappa shape index (κ1) is 14.8. The summed E-state index contributed by atoms with van der Waals surface area (Å²) in [6, 6.07) is 8.40. The Morgan fingerprint density at radius 1 is 1.29 bits per heavy atom. The zero-order chi connectivity index (χ0) is 14.5. The minimum Gasteiger partial charge on any atom is -0.492 e. The molecule has 1 saturated heterocycles. The van der Waals surface area contributed by atoms with Gasteiger partial charge in [0.15, 0.2) is 0 Å². The van der Waals surface area contributed by atoms with Gasteiger partial charge in [0.2, 0.25) is 0 Å². The molecule has 1 aromatic carbocycles. The van der Waals surface area contributed by atoms with Gasteiger partial charge in [-0.15, -0.1) is 0 Å². The monoisotopic (exact) mass is 290 g/mol. The number of nitrogens with one attached hydrogen (secondary N) is 1. The average molecular weight is 290 g/mol. The van der Waals surface area contributed by atoms with Gasteiger partial charge >= 0.3 is 0 Å². The topological polar surface area (TPSA) is 33.7 Å². The zero-order valence-electron chi connectivity index (χ0n) is 12.9. The summed E-state index contributed by atoms with van der Waals surface area (Å²) in [6.45, 7) is 6.91. The Morgan fingerprint density at radius 2 is 2.10 bits per heavy atom. The first-order valence-electron chi connectivity index (χ1n) is 7.94. The largest absolute Gasteiger partial charge is 0.492 e. The van der Waals surface area contributed by atoms with Crippen molar-refractivity contribution in [3.05, 3.63) is 29.8 Å². The van der Waals surface area contributed by atoms with Crippen molar-refractivity contribution in [2.75, 3.05) is 46.5 Å². The number of para-hydroxylation sites is 1. The standard InChI is InChI=1S/C17H26N2O2/c1-20-14-17(6-8-18-9-7-17)13-19-10-11-21-16-5-3-2-4-15(16)12-19/h2-5,18H,6-14H2,1H3. The van der Waals surface area contributed by atoms with Crippen molar-refractivity contribution in [3.8, 4) is 5.75 Å². The fourth-order valence-corrected chi connectivity index (χ4v) is 3.60. The van der Waals surface area contributed by atoms with E-state index in [1.165, 1.54) is 18.4 Å². The summed E-state index contributed by atoms with van der Waals surface area (Å²) in [5.41, 5.74) is 1.59. The van der Waals surface area contributed by atoms with Crippen LogP contribution in [0, 0.1) is 5.41 Å². The number of hydrogen-bond donors (Lipinski definition) is 1. The Labute approximate surface area is 127 Å². The SMILES string of the molecule is COCC1(CN2CCOc3ccccc3C2)CCNCC1. The van der Waals surface area contributed by atoms with Crippen LogP contribution in [0.4, 0.5) is 0 Å². The van der Waals surface area contributed by atoms with E-state index in [-0.39, 0.29) is 0 Å². The molecule has 2 heterocycles. The van der Waals surface area contributed by atoms with Crippen LogP contribution < -0.4 is 10.1 Å². The lowest BCUT2D eigenvalue weighted by Crippen LogP contribution is -2.47. The smallest absolute Gasteiger partial charge is 0.123 e. The highest BCUT2D eigenvalue weighted by molar-refractivity contribution is 5.33. The van der Waals surface area contributed by atoms with Crippen molar-refractivity contribution in [1.29, 1.82) is 0 Å². The molecule has 1 aromatic rings. The molecule has 1 fully saturated rings. The fourth-order valence-electron chi connectivity index (χ4n) is 3.60. The van der Waals surface area contributed by atoms with E-state index in [2.05, 4.69) is 28.4 Å². The molecule has 0 aliphatic carbocycles. The molecule has 0 saturated carbocycles. The van der Waals surface area contributed by atoms with Crippen LogP contribution >= 0.6 is 0 Å². The van der Waals surface area contributed by atoms with Crippen LogP contribution in [0.1, 0.15) is 18.4 Å². The number of rotatable bonds is 4. The Morgan fingerprint density at radius 3 is 2.90 bits per heavy atom. The summed E-state index contributed by atoms with van der Waals surface area (Å²) in [7, 11) is 1.82. The number of hydrogen-bond acceptors (Lipinski definition) is 4. The number of benzene rings is 1. The molecular formula is C17H26N2O2. The number of nitrogens with zero attached hydrogens (tertiary/aromatic N) is 1. The van der Waals surface area contributed by atoms with Crippen molar-refractivity contribution < 1.29 is 9.47 Å². The molecule has 3 rings (SSSR count). The van der Waals surface area contributed by atoms with Crippen LogP contribution in [0.25, 0.3) is 0 Å². The fraction of sp³-hybridized carbons (Fsp3) is 0.647. The predicted molar refractivity (Wildman–Crippen MR) is 83.6 cm³/mol. The van der Waals surface area contributed by atoms with E-state index in [9.17, 15) is 0 Å². The van der Waals surface area contributed by atoms with E-state index in [0.717, 1.165) is 51.7 Å². The maximum absolute atomic E-state index is 5.88. The molecule has 0 unspecified atom stereocenters. The van der Waals surface area contributed by atoms with Gasteiger partial charge in [-0.25, -0.2) is 0 Å². The van der Waals surface area contributed by atoms with E-state index >= 15 is 0 Å². The molecule has 0 radical (unpaired) electrons. The van der Waals surface area contributed by atoms with Crippen molar-refractivity contribution >= 4 is 0 Å². The molecule has 0 spiro atoms. The highest BCUT2D eigenvalue weighted by Crippen LogP contribution is 2.32. The van der Waals surface area contributed by atoms with E-state index in [1.807, 2.05) is 13.2 Å². The molecule has 4 heteroatoms. The minimum absolute atomic E-state index is 0.291. The van der Waals surface area contributed by atoms with Crippen LogP contribution in [0.2, 0.25) is 0 Å². The van der Waals surface area contributed by atoms with Crippen LogP contribution in [-0.4, -0.2) is 51.4 Å². The van der Waals surface area contributed by atoms with Crippen molar-refractivity contribution in [2.24, 2.45) is 5.41 Å². The molecule has 116 valence electrons. The van der Waals surface area contributed by atoms with Gasteiger partial charge in [0.1, 0.15) is 12.4 Å². The van der Waals surface area contributed by atoms with E-state index < -0.39 is 0 Å². The van der Waals surface area contributed by atoms with Gasteiger partial charge in [-0.3, -0.25) is 4.90 Å². The van der Waals surface area contributed by atoms with Gasteiger partial charge < -0.3 is 14.8 Å². The summed E-state index contributed by atoms with van der Waals surface area (Å²) in [4.78, 5) is 2.54. The lowest BCUT2D eigenvalue weighted by molar-refractivity contribution is 0.0192. The maximum Gasteiger partial charge on any atom is 0.123 e. The molecule has 2 aliphatic rings. The van der Waals surface area contributed by atoms with E-state index in [1.54, 1.807) is 0 Å². The summed E-state index contributed by atoms with van der Waals surface area (Å²) in [5, 5.41) is 3.46. The van der Waals surface area contributed by atoms with Crippen molar-refractivity contribution in [1.82, 2.24) is 10.2 Å². The minimum atomic E-state index is 0.291. The molecule has 0 amide bonds. The van der Waals surface area contributed by atoms with E-state index in [4.69, 9.17) is 9.47 Å². The Hall–Kier alpha value is -1.10. The first-order chi connectivity index (χ1) is 10.3.